The van der Waals surface area contributed by atoms with E-state index in [4.69, 9.17) is 11.6 Å². The molecule has 0 bridgehead atoms. The van der Waals surface area contributed by atoms with E-state index in [2.05, 4.69) is 10.2 Å². The second-order valence-corrected chi connectivity index (χ2v) is 10.6. The first-order valence-corrected chi connectivity index (χ1v) is 13.9. The maximum absolute atomic E-state index is 13.5. The van der Waals surface area contributed by atoms with Crippen LogP contribution in [0.25, 0.3) is 16.7 Å². The molecular formula is C30H26ClF3N6O2. The second kappa shape index (κ2) is 11.1. The number of carbonyl (C=O) groups is 1. The molecule has 3 heterocycles. The third kappa shape index (κ3) is 5.32. The fourth-order valence-corrected chi connectivity index (χ4v) is 5.58. The highest BCUT2D eigenvalue weighted by Gasteiger charge is 2.31. The molecule has 0 saturated carbocycles. The van der Waals surface area contributed by atoms with Crippen molar-refractivity contribution >= 4 is 39.9 Å². The van der Waals surface area contributed by atoms with Gasteiger partial charge >= 0.3 is 6.18 Å². The lowest BCUT2D eigenvalue weighted by Gasteiger charge is -2.36. The van der Waals surface area contributed by atoms with Gasteiger partial charge in [0.2, 0.25) is 11.7 Å². The number of nitrogens with zero attached hydrogens (tertiary/aromatic N) is 6. The van der Waals surface area contributed by atoms with Gasteiger partial charge in [-0.25, -0.2) is 0 Å². The number of anilines is 1. The fraction of sp³-hybridized carbons (Fsp3) is 0.267. The van der Waals surface area contributed by atoms with Crippen molar-refractivity contribution in [2.45, 2.75) is 25.6 Å². The van der Waals surface area contributed by atoms with Crippen molar-refractivity contribution in [3.8, 4) is 0 Å². The van der Waals surface area contributed by atoms with Gasteiger partial charge in [-0.3, -0.25) is 18.6 Å². The van der Waals surface area contributed by atoms with Crippen LogP contribution in [0.15, 0.2) is 77.6 Å². The minimum Gasteiger partial charge on any atom is -0.368 e. The lowest BCUT2D eigenvalue weighted by Crippen LogP contribution is -2.48. The standard InChI is InChI=1S/C30H26ClF3N6O2/c31-24-10-3-1-6-20(24)19-39-28(42)23-9-2-4-11-25(23)40-26(35-36-29(39)40)12-13-27(41)38-16-14-37(15-17-38)22-8-5-7-21(18-22)30(32,33)34/h1-11,18H,12-17,19H2. The first-order chi connectivity index (χ1) is 20.2. The van der Waals surface area contributed by atoms with E-state index in [1.54, 1.807) is 29.2 Å². The van der Waals surface area contributed by atoms with E-state index in [1.165, 1.54) is 10.6 Å². The first-order valence-electron chi connectivity index (χ1n) is 13.5. The molecule has 8 nitrogen and oxygen atoms in total. The lowest BCUT2D eigenvalue weighted by atomic mass is 10.1. The third-order valence-corrected chi connectivity index (χ3v) is 7.96. The Morgan fingerprint density at radius 1 is 0.905 bits per heavy atom. The molecule has 1 saturated heterocycles. The summed E-state index contributed by atoms with van der Waals surface area (Å²) in [6.45, 7) is 1.87. The number of rotatable bonds is 6. The minimum atomic E-state index is -4.41. The summed E-state index contributed by atoms with van der Waals surface area (Å²) in [4.78, 5) is 30.2. The van der Waals surface area contributed by atoms with Crippen LogP contribution in [0.1, 0.15) is 23.4 Å². The molecule has 0 aliphatic carbocycles. The second-order valence-electron chi connectivity index (χ2n) is 10.2. The Labute approximate surface area is 243 Å². The van der Waals surface area contributed by atoms with Crippen LogP contribution in [0.5, 0.6) is 0 Å². The van der Waals surface area contributed by atoms with Crippen molar-refractivity contribution in [3.05, 3.63) is 105 Å². The normalized spacial score (nSPS) is 14.2. The van der Waals surface area contributed by atoms with Gasteiger partial charge in [-0.05, 0) is 42.0 Å². The molecule has 42 heavy (non-hydrogen) atoms. The van der Waals surface area contributed by atoms with Crippen LogP contribution >= 0.6 is 11.6 Å². The summed E-state index contributed by atoms with van der Waals surface area (Å²) in [5.41, 5.74) is 0.995. The van der Waals surface area contributed by atoms with Crippen LogP contribution < -0.4 is 10.5 Å². The monoisotopic (exact) mass is 594 g/mol. The first kappa shape index (κ1) is 27.8. The van der Waals surface area contributed by atoms with Gasteiger partial charge in [-0.2, -0.15) is 13.2 Å². The summed E-state index contributed by atoms with van der Waals surface area (Å²) < 4.78 is 42.8. The number of carbonyl (C=O) groups excluding carboxylic acids is 1. The van der Waals surface area contributed by atoms with E-state index in [0.29, 0.717) is 65.8 Å². The van der Waals surface area contributed by atoms with E-state index in [9.17, 15) is 22.8 Å². The number of aromatic nitrogens is 4. The molecule has 12 heteroatoms. The molecule has 0 N–H and O–H groups in total. The Kier molecular flexibility index (Phi) is 7.36. The molecule has 1 amide bonds. The Bertz CT molecular complexity index is 1840. The predicted octanol–water partition coefficient (Wildman–Crippen LogP) is 5.05. The number of amides is 1. The van der Waals surface area contributed by atoms with Gasteiger partial charge in [0.05, 0.1) is 23.0 Å². The van der Waals surface area contributed by atoms with Crippen molar-refractivity contribution in [1.29, 1.82) is 0 Å². The van der Waals surface area contributed by atoms with Gasteiger partial charge in [-0.1, -0.05) is 48.0 Å². The van der Waals surface area contributed by atoms with E-state index >= 15 is 0 Å². The van der Waals surface area contributed by atoms with Crippen molar-refractivity contribution in [2.75, 3.05) is 31.1 Å². The van der Waals surface area contributed by atoms with Crippen molar-refractivity contribution in [2.24, 2.45) is 0 Å². The summed E-state index contributed by atoms with van der Waals surface area (Å²) in [5.74, 6) is 0.824. The number of piperazine rings is 1. The van der Waals surface area contributed by atoms with E-state index < -0.39 is 11.7 Å². The summed E-state index contributed by atoms with van der Waals surface area (Å²) in [7, 11) is 0. The maximum Gasteiger partial charge on any atom is 0.416 e. The molecule has 216 valence electrons. The predicted molar refractivity (Wildman–Crippen MR) is 154 cm³/mol. The molecule has 0 unspecified atom stereocenters. The molecule has 0 spiro atoms. The smallest absolute Gasteiger partial charge is 0.368 e. The molecule has 6 rings (SSSR count). The average molecular weight is 595 g/mol. The highest BCUT2D eigenvalue weighted by molar-refractivity contribution is 6.31. The number of alkyl halides is 3. The molecule has 1 aliphatic heterocycles. The third-order valence-electron chi connectivity index (χ3n) is 7.59. The van der Waals surface area contributed by atoms with Gasteiger partial charge in [0.25, 0.3) is 5.56 Å². The number of hydrogen-bond donors (Lipinski definition) is 0. The molecule has 0 atom stereocenters. The maximum atomic E-state index is 13.5. The number of aryl methyl sites for hydroxylation is 1. The lowest BCUT2D eigenvalue weighted by molar-refractivity contribution is -0.137. The van der Waals surface area contributed by atoms with Crippen molar-refractivity contribution in [1.82, 2.24) is 24.1 Å². The van der Waals surface area contributed by atoms with Crippen LogP contribution in [0.3, 0.4) is 0 Å². The van der Waals surface area contributed by atoms with Crippen LogP contribution in [0, 0.1) is 0 Å². The highest BCUT2D eigenvalue weighted by atomic mass is 35.5. The van der Waals surface area contributed by atoms with E-state index in [-0.39, 0.29) is 24.4 Å². The summed E-state index contributed by atoms with van der Waals surface area (Å²) in [6, 6.07) is 19.7. The summed E-state index contributed by atoms with van der Waals surface area (Å²) in [5, 5.41) is 9.72. The summed E-state index contributed by atoms with van der Waals surface area (Å²) >= 11 is 6.38. The van der Waals surface area contributed by atoms with Crippen LogP contribution in [-0.4, -0.2) is 56.2 Å². The largest absolute Gasteiger partial charge is 0.416 e. The molecule has 3 aromatic carbocycles. The quantitative estimate of drug-likeness (QED) is 0.275. The van der Waals surface area contributed by atoms with Crippen molar-refractivity contribution in [3.63, 3.8) is 0 Å². The van der Waals surface area contributed by atoms with Crippen LogP contribution in [0.2, 0.25) is 5.02 Å². The average Bonchev–Trinajstić information content (AvgIpc) is 3.42. The molecule has 1 fully saturated rings. The van der Waals surface area contributed by atoms with Crippen LogP contribution in [-0.2, 0) is 23.9 Å². The molecule has 5 aromatic rings. The molecular weight excluding hydrogens is 569 g/mol. The number of fused-ring (bicyclic) bond motifs is 3. The Hall–Kier alpha value is -4.38. The zero-order chi connectivity index (χ0) is 29.4. The molecule has 0 radical (unpaired) electrons. The van der Waals surface area contributed by atoms with Gasteiger partial charge in [0.15, 0.2) is 0 Å². The minimum absolute atomic E-state index is 0.0795. The molecule has 1 aliphatic rings. The zero-order valence-electron chi connectivity index (χ0n) is 22.4. The number of benzene rings is 3. The number of para-hydroxylation sites is 1. The SMILES string of the molecule is O=C(CCc1nnc2n(Cc3ccccc3Cl)c(=O)c3ccccc3n12)N1CCN(c2cccc(C(F)(F)F)c2)CC1. The Morgan fingerprint density at radius 2 is 1.64 bits per heavy atom. The van der Waals surface area contributed by atoms with Crippen LogP contribution in [0.4, 0.5) is 18.9 Å². The zero-order valence-corrected chi connectivity index (χ0v) is 23.1. The molecule has 2 aromatic heterocycles. The van der Waals surface area contributed by atoms with E-state index in [1.807, 2.05) is 39.6 Å². The van der Waals surface area contributed by atoms with Gasteiger partial charge in [0, 0.05) is 49.7 Å². The number of halogens is 4. The topological polar surface area (TPSA) is 75.7 Å². The fourth-order valence-electron chi connectivity index (χ4n) is 5.39. The van der Waals surface area contributed by atoms with Crippen molar-refractivity contribution < 1.29 is 18.0 Å². The van der Waals surface area contributed by atoms with Gasteiger partial charge < -0.3 is 9.80 Å². The Balaban J connectivity index is 1.20. The van der Waals surface area contributed by atoms with Gasteiger partial charge in [-0.15, -0.1) is 10.2 Å². The number of hydrogen-bond acceptors (Lipinski definition) is 5. The highest BCUT2D eigenvalue weighted by Crippen LogP contribution is 2.32. The summed E-state index contributed by atoms with van der Waals surface area (Å²) in [6.07, 6.45) is -3.95. The van der Waals surface area contributed by atoms with E-state index in [0.717, 1.165) is 17.7 Å². The Morgan fingerprint density at radius 3 is 2.40 bits per heavy atom. The van der Waals surface area contributed by atoms with Gasteiger partial charge in [0.1, 0.15) is 5.82 Å².